The maximum atomic E-state index is 4.95. The van der Waals surface area contributed by atoms with Crippen molar-refractivity contribution in [1.29, 1.82) is 0 Å². The lowest BCUT2D eigenvalue weighted by Gasteiger charge is -2.13. The fourth-order valence-corrected chi connectivity index (χ4v) is 3.27. The van der Waals surface area contributed by atoms with Crippen LogP contribution < -0.4 is 5.32 Å². The van der Waals surface area contributed by atoms with Crippen LogP contribution in [0.4, 0.5) is 0 Å². The Hall–Kier alpha value is -0.830. The van der Waals surface area contributed by atoms with Crippen LogP contribution in [-0.4, -0.2) is 16.1 Å². The highest BCUT2D eigenvalue weighted by atomic mass is 15.1. The summed E-state index contributed by atoms with van der Waals surface area (Å²) in [5.41, 5.74) is 1.36. The van der Waals surface area contributed by atoms with E-state index in [0.717, 1.165) is 25.4 Å². The topological polar surface area (TPSA) is 29.9 Å². The molecule has 1 saturated carbocycles. The summed E-state index contributed by atoms with van der Waals surface area (Å²) < 4.78 is 2.40. The van der Waals surface area contributed by atoms with Gasteiger partial charge in [-0.1, -0.05) is 19.8 Å². The summed E-state index contributed by atoms with van der Waals surface area (Å²) in [4.78, 5) is 4.95. The minimum absolute atomic E-state index is 0.465. The van der Waals surface area contributed by atoms with Crippen LogP contribution >= 0.6 is 0 Å². The lowest BCUT2D eigenvalue weighted by atomic mass is 10.1. The summed E-state index contributed by atoms with van der Waals surface area (Å²) in [6, 6.07) is 0.465. The number of aromatic nitrogens is 2. The molecule has 3 nitrogen and oxygen atoms in total. The Morgan fingerprint density at radius 2 is 2.18 bits per heavy atom. The second kappa shape index (κ2) is 4.81. The monoisotopic (exact) mass is 233 g/mol. The van der Waals surface area contributed by atoms with Crippen LogP contribution in [0.2, 0.25) is 0 Å². The van der Waals surface area contributed by atoms with E-state index in [2.05, 4.69) is 23.0 Å². The van der Waals surface area contributed by atoms with Crippen molar-refractivity contribution in [2.24, 2.45) is 0 Å². The van der Waals surface area contributed by atoms with Crippen molar-refractivity contribution in [2.45, 2.75) is 64.0 Å². The zero-order chi connectivity index (χ0) is 11.7. The average molecular weight is 233 g/mol. The van der Waals surface area contributed by atoms with Gasteiger partial charge in [0.05, 0.1) is 11.7 Å². The van der Waals surface area contributed by atoms with E-state index in [0.29, 0.717) is 6.04 Å². The molecule has 2 heterocycles. The van der Waals surface area contributed by atoms with Gasteiger partial charge in [-0.05, 0) is 32.2 Å². The van der Waals surface area contributed by atoms with E-state index in [-0.39, 0.29) is 0 Å². The van der Waals surface area contributed by atoms with Gasteiger partial charge in [-0.25, -0.2) is 4.98 Å². The Kier molecular flexibility index (Phi) is 3.19. The predicted molar refractivity (Wildman–Crippen MR) is 69.1 cm³/mol. The summed E-state index contributed by atoms with van der Waals surface area (Å²) in [7, 11) is 0. The molecule has 0 spiro atoms. The first-order valence-electron chi connectivity index (χ1n) is 7.19. The minimum Gasteiger partial charge on any atom is -0.333 e. The molecule has 1 aliphatic heterocycles. The number of nitrogens with zero attached hydrogens (tertiary/aromatic N) is 2. The number of imidazole rings is 1. The van der Waals surface area contributed by atoms with Crippen molar-refractivity contribution in [3.8, 4) is 0 Å². The Morgan fingerprint density at radius 1 is 1.35 bits per heavy atom. The number of rotatable bonds is 2. The standard InChI is InChI=1S/C14H23N3/c1-2-12-14-16-13(11-6-3-4-7-11)10-17(14)9-5-8-15-12/h10-12,15H,2-9H2,1H3/t12-/m1/s1. The second-order valence-electron chi connectivity index (χ2n) is 5.47. The van der Waals surface area contributed by atoms with Crippen molar-refractivity contribution in [2.75, 3.05) is 6.54 Å². The molecule has 0 unspecified atom stereocenters. The van der Waals surface area contributed by atoms with Gasteiger partial charge in [0.25, 0.3) is 0 Å². The molecule has 0 amide bonds. The van der Waals surface area contributed by atoms with Gasteiger partial charge < -0.3 is 9.88 Å². The Labute approximate surface area is 104 Å². The smallest absolute Gasteiger partial charge is 0.126 e. The number of hydrogen-bond acceptors (Lipinski definition) is 2. The van der Waals surface area contributed by atoms with Gasteiger partial charge in [-0.15, -0.1) is 0 Å². The maximum Gasteiger partial charge on any atom is 0.126 e. The summed E-state index contributed by atoms with van der Waals surface area (Å²) in [6.45, 7) is 4.51. The summed E-state index contributed by atoms with van der Waals surface area (Å²) >= 11 is 0. The van der Waals surface area contributed by atoms with Gasteiger partial charge in [0.1, 0.15) is 5.82 Å². The van der Waals surface area contributed by atoms with E-state index >= 15 is 0 Å². The number of aryl methyl sites for hydroxylation is 1. The molecule has 1 aromatic rings. The van der Waals surface area contributed by atoms with Crippen molar-refractivity contribution in [3.63, 3.8) is 0 Å². The molecule has 0 aromatic carbocycles. The molecule has 1 fully saturated rings. The van der Waals surface area contributed by atoms with E-state index in [1.54, 1.807) is 0 Å². The van der Waals surface area contributed by atoms with Gasteiger partial charge in [0.15, 0.2) is 0 Å². The van der Waals surface area contributed by atoms with Crippen LogP contribution in [0.15, 0.2) is 6.20 Å². The fourth-order valence-electron chi connectivity index (χ4n) is 3.27. The molecule has 1 N–H and O–H groups in total. The lowest BCUT2D eigenvalue weighted by Crippen LogP contribution is -2.21. The summed E-state index contributed by atoms with van der Waals surface area (Å²) in [5.74, 6) is 2.03. The Bertz CT molecular complexity index is 377. The van der Waals surface area contributed by atoms with Gasteiger partial charge in [0.2, 0.25) is 0 Å². The Balaban J connectivity index is 1.89. The van der Waals surface area contributed by atoms with Crippen molar-refractivity contribution < 1.29 is 0 Å². The van der Waals surface area contributed by atoms with Crippen LogP contribution in [0.25, 0.3) is 0 Å². The molecule has 1 aromatic heterocycles. The van der Waals surface area contributed by atoms with Crippen LogP contribution in [-0.2, 0) is 6.54 Å². The molecule has 3 heteroatoms. The highest BCUT2D eigenvalue weighted by molar-refractivity contribution is 5.14. The quantitative estimate of drug-likeness (QED) is 0.851. The number of fused-ring (bicyclic) bond motifs is 1. The lowest BCUT2D eigenvalue weighted by molar-refractivity contribution is 0.512. The largest absolute Gasteiger partial charge is 0.333 e. The first-order valence-corrected chi connectivity index (χ1v) is 7.19. The van der Waals surface area contributed by atoms with Crippen LogP contribution in [0, 0.1) is 0 Å². The van der Waals surface area contributed by atoms with E-state index in [1.807, 2.05) is 0 Å². The predicted octanol–water partition coefficient (Wildman–Crippen LogP) is 2.99. The average Bonchev–Trinajstić information content (AvgIpc) is 2.96. The molecule has 1 aliphatic carbocycles. The van der Waals surface area contributed by atoms with Gasteiger partial charge in [-0.2, -0.15) is 0 Å². The zero-order valence-corrected chi connectivity index (χ0v) is 10.8. The molecule has 3 rings (SSSR count). The zero-order valence-electron chi connectivity index (χ0n) is 10.8. The molecular formula is C14H23N3. The third-order valence-electron chi connectivity index (χ3n) is 4.29. The highest BCUT2D eigenvalue weighted by Gasteiger charge is 2.24. The maximum absolute atomic E-state index is 4.95. The molecule has 2 aliphatic rings. The molecular weight excluding hydrogens is 210 g/mol. The molecule has 1 atom stereocenters. The first-order chi connectivity index (χ1) is 8.38. The third-order valence-corrected chi connectivity index (χ3v) is 4.29. The minimum atomic E-state index is 0.465. The summed E-state index contributed by atoms with van der Waals surface area (Å²) in [5, 5.41) is 3.61. The van der Waals surface area contributed by atoms with Gasteiger partial charge in [0, 0.05) is 18.7 Å². The van der Waals surface area contributed by atoms with E-state index in [1.165, 1.54) is 43.6 Å². The molecule has 0 bridgehead atoms. The molecule has 94 valence electrons. The van der Waals surface area contributed by atoms with E-state index < -0.39 is 0 Å². The van der Waals surface area contributed by atoms with Gasteiger partial charge in [-0.3, -0.25) is 0 Å². The SMILES string of the molecule is CC[C@H]1NCCCn2cc(C3CCCC3)nc21. The summed E-state index contributed by atoms with van der Waals surface area (Å²) in [6.07, 6.45) is 10.2. The number of hydrogen-bond donors (Lipinski definition) is 1. The number of nitrogens with one attached hydrogen (secondary N) is 1. The van der Waals surface area contributed by atoms with Crippen molar-refractivity contribution >= 4 is 0 Å². The van der Waals surface area contributed by atoms with Crippen molar-refractivity contribution in [3.05, 3.63) is 17.7 Å². The van der Waals surface area contributed by atoms with E-state index in [9.17, 15) is 0 Å². The van der Waals surface area contributed by atoms with Crippen LogP contribution in [0.1, 0.15) is 68.9 Å². The van der Waals surface area contributed by atoms with Gasteiger partial charge >= 0.3 is 0 Å². The Morgan fingerprint density at radius 3 is 2.94 bits per heavy atom. The van der Waals surface area contributed by atoms with Crippen molar-refractivity contribution in [1.82, 2.24) is 14.9 Å². The normalized spacial score (nSPS) is 25.8. The van der Waals surface area contributed by atoms with Crippen LogP contribution in [0.5, 0.6) is 0 Å². The fraction of sp³-hybridized carbons (Fsp3) is 0.786. The first kappa shape index (κ1) is 11.3. The second-order valence-corrected chi connectivity index (χ2v) is 5.47. The third kappa shape index (κ3) is 2.13. The van der Waals surface area contributed by atoms with E-state index in [4.69, 9.17) is 4.98 Å². The molecule has 0 radical (unpaired) electrons. The molecule has 0 saturated heterocycles. The van der Waals surface area contributed by atoms with Crippen LogP contribution in [0.3, 0.4) is 0 Å². The molecule has 17 heavy (non-hydrogen) atoms. The highest BCUT2D eigenvalue weighted by Crippen LogP contribution is 2.34.